The molecule has 1 nitrogen and oxygen atoms in total. The summed E-state index contributed by atoms with van der Waals surface area (Å²) in [7, 11) is 0. The van der Waals surface area contributed by atoms with Gasteiger partial charge in [0.2, 0.25) is 0 Å². The minimum absolute atomic E-state index is 0.00926. The summed E-state index contributed by atoms with van der Waals surface area (Å²) in [6.07, 6.45) is 2.16. The third-order valence-corrected chi connectivity index (χ3v) is 2.08. The Bertz CT molecular complexity index is 78.5. The highest BCUT2D eigenvalue weighted by Gasteiger charge is 2.37. The van der Waals surface area contributed by atoms with Gasteiger partial charge in [0.05, 0.1) is 6.10 Å². The van der Waals surface area contributed by atoms with Gasteiger partial charge in [-0.15, -0.1) is 0 Å². The number of hydrogen-bond acceptors (Lipinski definition) is 1. The summed E-state index contributed by atoms with van der Waals surface area (Å²) in [5.41, 5.74) is 0. The zero-order chi connectivity index (χ0) is 6.15. The van der Waals surface area contributed by atoms with Crippen LogP contribution in [0.25, 0.3) is 0 Å². The lowest BCUT2D eigenvalue weighted by molar-refractivity contribution is 0.142. The first kappa shape index (κ1) is 6.09. The highest BCUT2D eigenvalue weighted by atomic mass is 16.3. The lowest BCUT2D eigenvalue weighted by Crippen LogP contribution is -2.07. The molecule has 48 valence electrons. The Kier molecular flexibility index (Phi) is 1.57. The van der Waals surface area contributed by atoms with Crippen LogP contribution >= 0.6 is 0 Å². The van der Waals surface area contributed by atoms with Crippen LogP contribution < -0.4 is 0 Å². The molecule has 0 amide bonds. The van der Waals surface area contributed by atoms with Crippen molar-refractivity contribution in [1.82, 2.24) is 0 Å². The number of hydrogen-bond donors (Lipinski definition) is 1. The third kappa shape index (κ3) is 1.03. The van der Waals surface area contributed by atoms with Crippen molar-refractivity contribution in [3.05, 3.63) is 0 Å². The Labute approximate surface area is 50.7 Å². The van der Waals surface area contributed by atoms with E-state index in [1.165, 1.54) is 6.42 Å². The van der Waals surface area contributed by atoms with Crippen molar-refractivity contribution in [2.24, 2.45) is 11.8 Å². The molecule has 0 aromatic carbocycles. The minimum Gasteiger partial charge on any atom is -0.393 e. The standard InChI is InChI=1S/C7H14O/c1-3-7(8)6-4-5(6)2/h5-8H,3-4H2,1-2H3. The second kappa shape index (κ2) is 2.06. The summed E-state index contributed by atoms with van der Waals surface area (Å²) in [5.74, 6) is 1.44. The normalized spacial score (nSPS) is 39.4. The largest absolute Gasteiger partial charge is 0.393 e. The van der Waals surface area contributed by atoms with E-state index in [0.29, 0.717) is 5.92 Å². The Hall–Kier alpha value is -0.0400. The molecule has 0 aromatic rings. The molecule has 3 atom stereocenters. The van der Waals surface area contributed by atoms with E-state index in [4.69, 9.17) is 5.11 Å². The van der Waals surface area contributed by atoms with Crippen LogP contribution in [0.15, 0.2) is 0 Å². The predicted octanol–water partition coefficient (Wildman–Crippen LogP) is 1.41. The smallest absolute Gasteiger partial charge is 0.0568 e. The summed E-state index contributed by atoms with van der Waals surface area (Å²) >= 11 is 0. The molecule has 1 N–H and O–H groups in total. The van der Waals surface area contributed by atoms with Crippen LogP contribution in [-0.2, 0) is 0 Å². The van der Waals surface area contributed by atoms with E-state index in [1.54, 1.807) is 0 Å². The second-order valence-corrected chi connectivity index (χ2v) is 2.85. The third-order valence-electron chi connectivity index (χ3n) is 2.08. The first-order chi connectivity index (χ1) is 3.75. The van der Waals surface area contributed by atoms with Crippen LogP contribution in [0.2, 0.25) is 0 Å². The van der Waals surface area contributed by atoms with Gasteiger partial charge < -0.3 is 5.11 Å². The van der Waals surface area contributed by atoms with Gasteiger partial charge in [0.1, 0.15) is 0 Å². The fraction of sp³-hybridized carbons (Fsp3) is 1.00. The monoisotopic (exact) mass is 114 g/mol. The van der Waals surface area contributed by atoms with Crippen LogP contribution in [0.5, 0.6) is 0 Å². The molecule has 0 aromatic heterocycles. The lowest BCUT2D eigenvalue weighted by atomic mass is 10.1. The van der Waals surface area contributed by atoms with E-state index in [1.807, 2.05) is 6.92 Å². The molecule has 3 unspecified atom stereocenters. The second-order valence-electron chi connectivity index (χ2n) is 2.85. The van der Waals surface area contributed by atoms with Crippen molar-refractivity contribution in [1.29, 1.82) is 0 Å². The zero-order valence-electron chi connectivity index (χ0n) is 5.59. The van der Waals surface area contributed by atoms with E-state index in [-0.39, 0.29) is 6.10 Å². The van der Waals surface area contributed by atoms with Crippen molar-refractivity contribution in [2.75, 3.05) is 0 Å². The molecule has 1 fully saturated rings. The number of aliphatic hydroxyl groups is 1. The summed E-state index contributed by atoms with van der Waals surface area (Å²) in [5, 5.41) is 9.17. The molecule has 0 aliphatic heterocycles. The van der Waals surface area contributed by atoms with E-state index in [2.05, 4.69) is 6.92 Å². The van der Waals surface area contributed by atoms with Gasteiger partial charge >= 0.3 is 0 Å². The zero-order valence-corrected chi connectivity index (χ0v) is 5.59. The molecule has 1 rings (SSSR count). The molecular formula is C7H14O. The topological polar surface area (TPSA) is 20.2 Å². The van der Waals surface area contributed by atoms with Crippen LogP contribution in [-0.4, -0.2) is 11.2 Å². The molecule has 0 spiro atoms. The number of aliphatic hydroxyl groups excluding tert-OH is 1. The van der Waals surface area contributed by atoms with Gasteiger partial charge in [0.25, 0.3) is 0 Å². The first-order valence-electron chi connectivity index (χ1n) is 3.43. The maximum atomic E-state index is 9.17. The minimum atomic E-state index is -0.00926. The van der Waals surface area contributed by atoms with Crippen molar-refractivity contribution in [3.63, 3.8) is 0 Å². The van der Waals surface area contributed by atoms with Gasteiger partial charge in [-0.3, -0.25) is 0 Å². The maximum absolute atomic E-state index is 9.17. The maximum Gasteiger partial charge on any atom is 0.0568 e. The van der Waals surface area contributed by atoms with Crippen molar-refractivity contribution in [2.45, 2.75) is 32.8 Å². The van der Waals surface area contributed by atoms with Crippen LogP contribution in [0.4, 0.5) is 0 Å². The van der Waals surface area contributed by atoms with E-state index in [0.717, 1.165) is 12.3 Å². The van der Waals surface area contributed by atoms with Crippen molar-refractivity contribution >= 4 is 0 Å². The molecule has 0 saturated heterocycles. The van der Waals surface area contributed by atoms with Gasteiger partial charge in [0.15, 0.2) is 0 Å². The van der Waals surface area contributed by atoms with Gasteiger partial charge in [-0.2, -0.15) is 0 Å². The van der Waals surface area contributed by atoms with Gasteiger partial charge in [-0.1, -0.05) is 13.8 Å². The van der Waals surface area contributed by atoms with Crippen molar-refractivity contribution < 1.29 is 5.11 Å². The molecule has 1 aliphatic carbocycles. The highest BCUT2D eigenvalue weighted by molar-refractivity contribution is 4.87. The van der Waals surface area contributed by atoms with Gasteiger partial charge in [-0.25, -0.2) is 0 Å². The molecule has 1 aliphatic rings. The molecule has 0 bridgehead atoms. The lowest BCUT2D eigenvalue weighted by Gasteiger charge is -2.02. The van der Waals surface area contributed by atoms with Gasteiger partial charge in [-0.05, 0) is 24.7 Å². The Morgan fingerprint density at radius 1 is 1.75 bits per heavy atom. The van der Waals surface area contributed by atoms with Crippen LogP contribution in [0.3, 0.4) is 0 Å². The Morgan fingerprint density at radius 2 is 2.25 bits per heavy atom. The Morgan fingerprint density at radius 3 is 2.38 bits per heavy atom. The van der Waals surface area contributed by atoms with Gasteiger partial charge in [0, 0.05) is 0 Å². The first-order valence-corrected chi connectivity index (χ1v) is 3.43. The molecule has 0 heterocycles. The average Bonchev–Trinajstić information content (AvgIpc) is 2.45. The van der Waals surface area contributed by atoms with Crippen molar-refractivity contribution in [3.8, 4) is 0 Å². The van der Waals surface area contributed by atoms with Crippen LogP contribution in [0, 0.1) is 11.8 Å². The average molecular weight is 114 g/mol. The predicted molar refractivity (Wildman–Crippen MR) is 33.6 cm³/mol. The highest BCUT2D eigenvalue weighted by Crippen LogP contribution is 2.41. The SMILES string of the molecule is CCC(O)C1CC1C. The summed E-state index contributed by atoms with van der Waals surface area (Å²) in [6, 6.07) is 0. The summed E-state index contributed by atoms with van der Waals surface area (Å²) in [6.45, 7) is 4.24. The molecule has 0 radical (unpaired) electrons. The molecule has 8 heavy (non-hydrogen) atoms. The van der Waals surface area contributed by atoms with E-state index in [9.17, 15) is 0 Å². The van der Waals surface area contributed by atoms with Crippen LogP contribution in [0.1, 0.15) is 26.7 Å². The molecular weight excluding hydrogens is 100 g/mol. The quantitative estimate of drug-likeness (QED) is 0.575. The van der Waals surface area contributed by atoms with E-state index < -0.39 is 0 Å². The fourth-order valence-electron chi connectivity index (χ4n) is 1.19. The molecule has 1 saturated carbocycles. The summed E-state index contributed by atoms with van der Waals surface area (Å²) < 4.78 is 0. The number of rotatable bonds is 2. The molecule has 1 heteroatoms. The Balaban J connectivity index is 2.18. The fourth-order valence-corrected chi connectivity index (χ4v) is 1.19. The van der Waals surface area contributed by atoms with E-state index >= 15 is 0 Å². The summed E-state index contributed by atoms with van der Waals surface area (Å²) in [4.78, 5) is 0.